The molecule has 0 heterocycles. The topological polar surface area (TPSA) is 86.8 Å². The lowest BCUT2D eigenvalue weighted by atomic mass is 10.1. The van der Waals surface area contributed by atoms with Crippen LogP contribution in [0.1, 0.15) is 30.0 Å². The Hall–Kier alpha value is -3.36. The van der Waals surface area contributed by atoms with Gasteiger partial charge in [0, 0.05) is 18.6 Å². The van der Waals surface area contributed by atoms with Gasteiger partial charge < -0.3 is 10.2 Å². The highest BCUT2D eigenvalue weighted by Gasteiger charge is 2.33. The lowest BCUT2D eigenvalue weighted by molar-refractivity contribution is -0.140. The number of likely N-dealkylation sites (N-methyl/N-ethyl adjacent to an activating group) is 1. The van der Waals surface area contributed by atoms with Gasteiger partial charge in [0.25, 0.3) is 10.0 Å². The average Bonchev–Trinajstić information content (AvgIpc) is 2.88. The number of carbonyl (C=O) groups excluding carboxylic acids is 2. The fourth-order valence-electron chi connectivity index (χ4n) is 3.97. The Balaban J connectivity index is 2.06. The van der Waals surface area contributed by atoms with E-state index in [1.165, 1.54) is 24.1 Å². The predicted molar refractivity (Wildman–Crippen MR) is 147 cm³/mol. The molecule has 0 saturated heterocycles. The van der Waals surface area contributed by atoms with Crippen molar-refractivity contribution in [1.82, 2.24) is 10.2 Å². The molecule has 0 aliphatic rings. The highest BCUT2D eigenvalue weighted by Crippen LogP contribution is 2.26. The number of halogens is 1. The van der Waals surface area contributed by atoms with Gasteiger partial charge in [-0.05, 0) is 56.2 Å². The maximum atomic E-state index is 13.9. The molecule has 0 saturated carbocycles. The molecule has 3 aromatic carbocycles. The molecule has 0 unspecified atom stereocenters. The van der Waals surface area contributed by atoms with Gasteiger partial charge in [-0.3, -0.25) is 13.9 Å². The molecule has 0 aliphatic carbocycles. The number of rotatable bonds is 10. The number of hydrogen-bond acceptors (Lipinski definition) is 4. The second kappa shape index (κ2) is 12.3. The monoisotopic (exact) mass is 541 g/mol. The van der Waals surface area contributed by atoms with Crippen LogP contribution < -0.4 is 9.62 Å². The van der Waals surface area contributed by atoms with E-state index in [0.717, 1.165) is 15.4 Å². The van der Waals surface area contributed by atoms with E-state index in [1.807, 2.05) is 13.8 Å². The van der Waals surface area contributed by atoms with Crippen molar-refractivity contribution >= 4 is 39.1 Å². The summed E-state index contributed by atoms with van der Waals surface area (Å²) in [5.74, 6) is -0.863. The van der Waals surface area contributed by atoms with Crippen LogP contribution in [0.3, 0.4) is 0 Å². The predicted octanol–water partition coefficient (Wildman–Crippen LogP) is 4.71. The fraction of sp³-hybridized carbons (Fsp3) is 0.286. The van der Waals surface area contributed by atoms with E-state index >= 15 is 0 Å². The largest absolute Gasteiger partial charge is 0.357 e. The molecule has 3 aromatic rings. The molecule has 196 valence electrons. The Morgan fingerprint density at radius 1 is 0.919 bits per heavy atom. The zero-order chi connectivity index (χ0) is 27.2. The zero-order valence-corrected chi connectivity index (χ0v) is 23.0. The minimum atomic E-state index is -4.09. The van der Waals surface area contributed by atoms with Gasteiger partial charge in [0.15, 0.2) is 0 Å². The highest BCUT2D eigenvalue weighted by atomic mass is 35.5. The van der Waals surface area contributed by atoms with Crippen LogP contribution in [0.4, 0.5) is 5.69 Å². The van der Waals surface area contributed by atoms with Crippen LogP contribution in [-0.4, -0.2) is 44.8 Å². The van der Waals surface area contributed by atoms with E-state index in [9.17, 15) is 18.0 Å². The summed E-state index contributed by atoms with van der Waals surface area (Å²) in [4.78, 5) is 28.1. The summed E-state index contributed by atoms with van der Waals surface area (Å²) in [7, 11) is -2.59. The first-order valence-corrected chi connectivity index (χ1v) is 13.8. The van der Waals surface area contributed by atoms with E-state index in [0.29, 0.717) is 22.7 Å². The minimum absolute atomic E-state index is 0.0523. The number of aryl methyl sites for hydroxylation is 2. The highest BCUT2D eigenvalue weighted by molar-refractivity contribution is 7.92. The summed E-state index contributed by atoms with van der Waals surface area (Å²) in [5, 5.41) is 3.06. The molecule has 3 rings (SSSR count). The van der Waals surface area contributed by atoms with E-state index in [1.54, 1.807) is 67.6 Å². The standard InChI is InChI=1S/C28H32ClN3O4S/c1-5-26(28(34)30-4)31(18-22-8-6-7-9-25(22)29)27(33)19-32(23-14-10-20(2)11-15-23)37(35,36)24-16-12-21(3)13-17-24/h6-17,26H,5,18-19H2,1-4H3,(H,30,34)/t26-/m1/s1. The van der Waals surface area contributed by atoms with Crippen molar-refractivity contribution in [3.8, 4) is 0 Å². The molecular formula is C28H32ClN3O4S. The Bertz CT molecular complexity index is 1340. The van der Waals surface area contributed by atoms with Crippen LogP contribution in [0.25, 0.3) is 0 Å². The van der Waals surface area contributed by atoms with Crippen LogP contribution in [0, 0.1) is 13.8 Å². The maximum absolute atomic E-state index is 13.9. The molecular weight excluding hydrogens is 510 g/mol. The van der Waals surface area contributed by atoms with Gasteiger partial charge in [-0.1, -0.05) is 72.1 Å². The Morgan fingerprint density at radius 3 is 2.03 bits per heavy atom. The lowest BCUT2D eigenvalue weighted by Gasteiger charge is -2.33. The van der Waals surface area contributed by atoms with Gasteiger partial charge in [0.2, 0.25) is 11.8 Å². The van der Waals surface area contributed by atoms with Crippen molar-refractivity contribution < 1.29 is 18.0 Å². The van der Waals surface area contributed by atoms with Crippen LogP contribution >= 0.6 is 11.6 Å². The number of benzene rings is 3. The second-order valence-electron chi connectivity index (χ2n) is 8.81. The molecule has 1 atom stereocenters. The molecule has 0 spiro atoms. The summed E-state index contributed by atoms with van der Waals surface area (Å²) in [6.07, 6.45) is 0.338. The number of carbonyl (C=O) groups is 2. The normalized spacial score (nSPS) is 12.0. The van der Waals surface area contributed by atoms with Crippen molar-refractivity contribution in [3.05, 3.63) is 94.5 Å². The molecule has 0 fully saturated rings. The molecule has 0 radical (unpaired) electrons. The second-order valence-corrected chi connectivity index (χ2v) is 11.1. The van der Waals surface area contributed by atoms with Crippen molar-refractivity contribution in [3.63, 3.8) is 0 Å². The van der Waals surface area contributed by atoms with E-state index in [2.05, 4.69) is 5.32 Å². The number of amides is 2. The fourth-order valence-corrected chi connectivity index (χ4v) is 5.58. The number of anilines is 1. The number of sulfonamides is 1. The quantitative estimate of drug-likeness (QED) is 0.403. The molecule has 37 heavy (non-hydrogen) atoms. The SMILES string of the molecule is CC[C@H](C(=O)NC)N(Cc1ccccc1Cl)C(=O)CN(c1ccc(C)cc1)S(=O)(=O)c1ccc(C)cc1. The van der Waals surface area contributed by atoms with E-state index < -0.39 is 28.5 Å². The lowest BCUT2D eigenvalue weighted by Crippen LogP contribution is -2.51. The third kappa shape index (κ3) is 6.70. The van der Waals surface area contributed by atoms with Crippen molar-refractivity contribution in [1.29, 1.82) is 0 Å². The number of hydrogen-bond donors (Lipinski definition) is 1. The minimum Gasteiger partial charge on any atom is -0.357 e. The first-order valence-electron chi connectivity index (χ1n) is 12.0. The van der Waals surface area contributed by atoms with Crippen LogP contribution in [0.2, 0.25) is 5.02 Å². The summed E-state index contributed by atoms with van der Waals surface area (Å²) >= 11 is 6.37. The van der Waals surface area contributed by atoms with Gasteiger partial charge in [-0.15, -0.1) is 0 Å². The molecule has 9 heteroatoms. The molecule has 0 aliphatic heterocycles. The van der Waals surface area contributed by atoms with Gasteiger partial charge in [-0.25, -0.2) is 8.42 Å². The molecule has 7 nitrogen and oxygen atoms in total. The molecule has 0 bridgehead atoms. The summed E-state index contributed by atoms with van der Waals surface area (Å²) < 4.78 is 28.7. The van der Waals surface area contributed by atoms with E-state index in [4.69, 9.17) is 11.6 Å². The Morgan fingerprint density at radius 2 is 1.49 bits per heavy atom. The van der Waals surface area contributed by atoms with Crippen LogP contribution in [0.5, 0.6) is 0 Å². The van der Waals surface area contributed by atoms with Crippen LogP contribution in [-0.2, 0) is 26.2 Å². The van der Waals surface area contributed by atoms with Gasteiger partial charge in [-0.2, -0.15) is 0 Å². The average molecular weight is 542 g/mol. The van der Waals surface area contributed by atoms with Gasteiger partial charge in [0.1, 0.15) is 12.6 Å². The Kier molecular flexibility index (Phi) is 9.34. The molecule has 2 amide bonds. The number of nitrogens with zero attached hydrogens (tertiary/aromatic N) is 2. The summed E-state index contributed by atoms with van der Waals surface area (Å²) in [6.45, 7) is 5.13. The first kappa shape index (κ1) is 28.2. The Labute approximate surface area is 224 Å². The third-order valence-electron chi connectivity index (χ3n) is 6.14. The molecule has 0 aromatic heterocycles. The smallest absolute Gasteiger partial charge is 0.264 e. The third-order valence-corrected chi connectivity index (χ3v) is 8.30. The van der Waals surface area contributed by atoms with Crippen molar-refractivity contribution in [2.45, 2.75) is 44.7 Å². The van der Waals surface area contributed by atoms with Crippen LogP contribution in [0.15, 0.2) is 77.7 Å². The first-order chi connectivity index (χ1) is 17.6. The summed E-state index contributed by atoms with van der Waals surface area (Å²) in [5.41, 5.74) is 2.88. The van der Waals surface area contributed by atoms with Gasteiger partial charge >= 0.3 is 0 Å². The van der Waals surface area contributed by atoms with Crippen molar-refractivity contribution in [2.75, 3.05) is 17.9 Å². The molecule has 1 N–H and O–H groups in total. The number of nitrogens with one attached hydrogen (secondary N) is 1. The summed E-state index contributed by atoms with van der Waals surface area (Å²) in [6, 6.07) is 19.6. The van der Waals surface area contributed by atoms with Gasteiger partial charge in [0.05, 0.1) is 10.6 Å². The maximum Gasteiger partial charge on any atom is 0.264 e. The van der Waals surface area contributed by atoms with E-state index in [-0.39, 0.29) is 17.3 Å². The zero-order valence-electron chi connectivity index (χ0n) is 21.4. The van der Waals surface area contributed by atoms with Crippen molar-refractivity contribution in [2.24, 2.45) is 0 Å².